The molecule has 7 nitrogen and oxygen atoms in total. The highest BCUT2D eigenvalue weighted by molar-refractivity contribution is 5.95. The molecule has 1 fully saturated rings. The Morgan fingerprint density at radius 1 is 1.21 bits per heavy atom. The summed E-state index contributed by atoms with van der Waals surface area (Å²) in [5.41, 5.74) is 2.64. The number of carbonyl (C=O) groups is 1. The van der Waals surface area contributed by atoms with Crippen LogP contribution in [0.25, 0.3) is 16.9 Å². The molecule has 0 saturated carbocycles. The summed E-state index contributed by atoms with van der Waals surface area (Å²) >= 11 is 0. The molecule has 4 heterocycles. The highest BCUT2D eigenvalue weighted by Gasteiger charge is 2.38. The fourth-order valence-corrected chi connectivity index (χ4v) is 4.94. The summed E-state index contributed by atoms with van der Waals surface area (Å²) in [7, 11) is 0. The van der Waals surface area contributed by atoms with E-state index >= 15 is 0 Å². The van der Waals surface area contributed by atoms with Gasteiger partial charge in [0, 0.05) is 43.7 Å². The number of benzene rings is 1. The number of nitrogens with zero attached hydrogens (tertiary/aromatic N) is 6. The average Bonchev–Trinajstić information content (AvgIpc) is 3.49. The molecule has 1 aliphatic rings. The minimum absolute atomic E-state index is 0.0462. The predicted octanol–water partition coefficient (Wildman–Crippen LogP) is 5.02. The van der Waals surface area contributed by atoms with E-state index in [4.69, 9.17) is 6.42 Å². The Kier molecular flexibility index (Phi) is 6.69. The lowest BCUT2D eigenvalue weighted by atomic mass is 9.97. The number of likely N-dealkylation sites (tertiary alicyclic amines) is 1. The highest BCUT2D eigenvalue weighted by Crippen LogP contribution is 2.36. The van der Waals surface area contributed by atoms with Crippen molar-refractivity contribution in [3.63, 3.8) is 0 Å². The number of amides is 1. The van der Waals surface area contributed by atoms with Gasteiger partial charge in [0.2, 0.25) is 0 Å². The zero-order chi connectivity index (χ0) is 27.0. The van der Waals surface area contributed by atoms with Gasteiger partial charge < -0.3 is 4.90 Å². The number of piperidine rings is 1. The first kappa shape index (κ1) is 25.5. The van der Waals surface area contributed by atoms with E-state index in [0.29, 0.717) is 29.2 Å². The molecule has 3 aromatic heterocycles. The topological polar surface area (TPSA) is 68.3 Å². The van der Waals surface area contributed by atoms with Crippen LogP contribution in [-0.2, 0) is 19.1 Å². The monoisotopic (exact) mass is 520 g/mol. The molecule has 196 valence electrons. The lowest BCUT2D eigenvalue weighted by molar-refractivity contribution is -0.141. The molecule has 1 aliphatic heterocycles. The fraction of sp³-hybridized carbons (Fsp3) is 0.357. The van der Waals surface area contributed by atoms with E-state index in [0.717, 1.165) is 41.7 Å². The van der Waals surface area contributed by atoms with Gasteiger partial charge in [-0.15, -0.1) is 6.42 Å². The predicted molar refractivity (Wildman–Crippen MR) is 136 cm³/mol. The molecule has 5 rings (SSSR count). The first-order valence-corrected chi connectivity index (χ1v) is 12.4. The Hall–Kier alpha value is -4.13. The van der Waals surface area contributed by atoms with Crippen LogP contribution in [-0.4, -0.2) is 48.0 Å². The quantitative estimate of drug-likeness (QED) is 0.347. The number of terminal acetylenes is 1. The molecule has 0 unspecified atom stereocenters. The van der Waals surface area contributed by atoms with E-state index in [1.165, 1.54) is 18.6 Å². The van der Waals surface area contributed by atoms with Gasteiger partial charge in [-0.1, -0.05) is 25.0 Å². The van der Waals surface area contributed by atoms with Gasteiger partial charge in [-0.3, -0.25) is 18.9 Å². The summed E-state index contributed by atoms with van der Waals surface area (Å²) in [6.07, 6.45) is 8.83. The Balaban J connectivity index is 1.44. The third-order valence-corrected chi connectivity index (χ3v) is 7.02. The van der Waals surface area contributed by atoms with Crippen LogP contribution in [0.5, 0.6) is 0 Å². The van der Waals surface area contributed by atoms with Crippen LogP contribution in [0.2, 0.25) is 0 Å². The number of aromatic nitrogens is 5. The van der Waals surface area contributed by atoms with Crippen molar-refractivity contribution in [2.75, 3.05) is 13.1 Å². The Morgan fingerprint density at radius 3 is 2.66 bits per heavy atom. The van der Waals surface area contributed by atoms with Crippen molar-refractivity contribution in [3.8, 4) is 23.6 Å². The van der Waals surface area contributed by atoms with Crippen molar-refractivity contribution in [2.24, 2.45) is 5.92 Å². The fourth-order valence-electron chi connectivity index (χ4n) is 4.94. The second kappa shape index (κ2) is 9.97. The van der Waals surface area contributed by atoms with E-state index in [-0.39, 0.29) is 23.7 Å². The molecule has 0 atom stereocenters. The Morgan fingerprint density at radius 2 is 1.97 bits per heavy atom. The summed E-state index contributed by atoms with van der Waals surface area (Å²) in [4.78, 5) is 23.8. The Labute approximate surface area is 218 Å². The maximum atomic E-state index is 13.7. The molecule has 1 saturated heterocycles. The van der Waals surface area contributed by atoms with Crippen LogP contribution in [0.4, 0.5) is 13.2 Å². The van der Waals surface area contributed by atoms with E-state index in [1.54, 1.807) is 10.6 Å². The number of halogens is 3. The summed E-state index contributed by atoms with van der Waals surface area (Å²) in [5, 5.41) is 3.66. The number of imidazole rings is 1. The van der Waals surface area contributed by atoms with Gasteiger partial charge in [-0.05, 0) is 42.9 Å². The lowest BCUT2D eigenvalue weighted by Gasteiger charge is -2.30. The minimum atomic E-state index is -4.65. The van der Waals surface area contributed by atoms with Crippen molar-refractivity contribution in [2.45, 2.75) is 45.8 Å². The third-order valence-electron chi connectivity index (χ3n) is 7.02. The zero-order valence-electron chi connectivity index (χ0n) is 21.2. The van der Waals surface area contributed by atoms with Crippen LogP contribution < -0.4 is 0 Å². The van der Waals surface area contributed by atoms with Gasteiger partial charge in [0.25, 0.3) is 5.91 Å². The number of hydrogen-bond acceptors (Lipinski definition) is 4. The molecule has 1 amide bonds. The van der Waals surface area contributed by atoms with Crippen molar-refractivity contribution in [1.29, 1.82) is 0 Å². The van der Waals surface area contributed by atoms with Crippen LogP contribution in [0.15, 0.2) is 43.0 Å². The number of fused-ring (bicyclic) bond motifs is 1. The molecule has 38 heavy (non-hydrogen) atoms. The molecule has 0 spiro atoms. The largest absolute Gasteiger partial charge is 0.435 e. The summed E-state index contributed by atoms with van der Waals surface area (Å²) in [5.74, 6) is 2.99. The van der Waals surface area contributed by atoms with Crippen LogP contribution in [0, 0.1) is 25.2 Å². The molecule has 0 aliphatic carbocycles. The van der Waals surface area contributed by atoms with Gasteiger partial charge in [0.15, 0.2) is 11.3 Å². The van der Waals surface area contributed by atoms with Gasteiger partial charge in [0.05, 0.1) is 23.1 Å². The second-order valence-electron chi connectivity index (χ2n) is 9.80. The van der Waals surface area contributed by atoms with E-state index < -0.39 is 11.9 Å². The smallest absolute Gasteiger partial charge is 0.339 e. The number of alkyl halides is 3. The number of aryl methyl sites for hydroxylation is 1. The molecule has 0 N–H and O–H groups in total. The second-order valence-corrected chi connectivity index (χ2v) is 9.80. The molecule has 4 aromatic rings. The average molecular weight is 521 g/mol. The summed E-state index contributed by atoms with van der Waals surface area (Å²) in [6.45, 7) is 5.58. The molecule has 0 bridgehead atoms. The number of carbonyl (C=O) groups excluding carboxylic acids is 1. The van der Waals surface area contributed by atoms with E-state index in [2.05, 4.69) is 27.9 Å². The van der Waals surface area contributed by atoms with Crippen molar-refractivity contribution in [3.05, 3.63) is 71.1 Å². The highest BCUT2D eigenvalue weighted by atomic mass is 19.4. The van der Waals surface area contributed by atoms with Crippen LogP contribution in [0.3, 0.4) is 0 Å². The first-order valence-electron chi connectivity index (χ1n) is 12.4. The van der Waals surface area contributed by atoms with Gasteiger partial charge in [-0.2, -0.15) is 18.3 Å². The summed E-state index contributed by atoms with van der Waals surface area (Å²) < 4.78 is 43.9. The maximum Gasteiger partial charge on any atom is 0.435 e. The molecule has 10 heteroatoms. The standard InChI is InChI=1S/C28H27F3N6O/c1-4-10-36-17-22(25(34-36)28(29,30)31)24-16-33-26-23(32-9-13-37(24)26)15-20-5-6-21(19(3)14-20)27(38)35-11-7-18(2)8-12-35/h1,5-6,9,13-14,16-18H,7-8,10-12,15H2,2-3H3. The molecular weight excluding hydrogens is 493 g/mol. The normalized spacial score (nSPS) is 14.7. The lowest BCUT2D eigenvalue weighted by Crippen LogP contribution is -2.38. The molecule has 1 aromatic carbocycles. The third kappa shape index (κ3) is 4.88. The SMILES string of the molecule is C#CCn1cc(-c2cnc3c(Cc4ccc(C(=O)N5CCC(C)CC5)c(C)c4)nccn23)c(C(F)(F)F)n1. The number of hydrogen-bond donors (Lipinski definition) is 0. The minimum Gasteiger partial charge on any atom is -0.339 e. The van der Waals surface area contributed by atoms with Crippen molar-refractivity contribution >= 4 is 11.6 Å². The van der Waals surface area contributed by atoms with Crippen LogP contribution in [0.1, 0.15) is 52.6 Å². The first-order chi connectivity index (χ1) is 18.2. The van der Waals surface area contributed by atoms with Gasteiger partial charge in [0.1, 0.15) is 6.54 Å². The van der Waals surface area contributed by atoms with Gasteiger partial charge in [-0.25, -0.2) is 4.98 Å². The maximum absolute atomic E-state index is 13.7. The Bertz CT molecular complexity index is 1540. The zero-order valence-corrected chi connectivity index (χ0v) is 21.2. The van der Waals surface area contributed by atoms with Crippen molar-refractivity contribution < 1.29 is 18.0 Å². The molecular formula is C28H27F3N6O. The summed E-state index contributed by atoms with van der Waals surface area (Å²) in [6, 6.07) is 5.70. The van der Waals surface area contributed by atoms with Gasteiger partial charge >= 0.3 is 6.18 Å². The van der Waals surface area contributed by atoms with E-state index in [9.17, 15) is 18.0 Å². The van der Waals surface area contributed by atoms with Crippen LogP contribution >= 0.6 is 0 Å². The van der Waals surface area contributed by atoms with Crippen molar-refractivity contribution in [1.82, 2.24) is 29.0 Å². The number of rotatable bonds is 5. The molecule has 0 radical (unpaired) electrons. The van der Waals surface area contributed by atoms with E-state index in [1.807, 2.05) is 30.0 Å².